The molecule has 0 radical (unpaired) electrons. The lowest BCUT2D eigenvalue weighted by Gasteiger charge is -2.34. The molecular formula is C26H28N6O3. The van der Waals surface area contributed by atoms with Crippen molar-refractivity contribution in [2.75, 3.05) is 45.7 Å². The van der Waals surface area contributed by atoms with Crippen LogP contribution in [0, 0.1) is 0 Å². The molecule has 1 aliphatic rings. The lowest BCUT2D eigenvalue weighted by molar-refractivity contribution is 0.140. The molecule has 2 amide bonds. The summed E-state index contributed by atoms with van der Waals surface area (Å²) in [5.74, 6) is 2.19. The third-order valence-corrected chi connectivity index (χ3v) is 6.13. The maximum absolute atomic E-state index is 12.9. The zero-order chi connectivity index (χ0) is 24.2. The molecule has 2 aromatic heterocycles. The smallest absolute Gasteiger partial charge is 0.321 e. The summed E-state index contributed by atoms with van der Waals surface area (Å²) in [5, 5.41) is 2.96. The number of hydrogen-bond donors (Lipinski definition) is 1. The number of hydrogen-bond acceptors (Lipinski definition) is 6. The van der Waals surface area contributed by atoms with Crippen molar-refractivity contribution >= 4 is 22.9 Å². The molecule has 1 fully saturated rings. The molecule has 0 aliphatic carbocycles. The largest absolute Gasteiger partial charge is 0.497 e. The first-order chi connectivity index (χ1) is 17.1. The molecule has 9 nitrogen and oxygen atoms in total. The Morgan fingerprint density at radius 1 is 0.943 bits per heavy atom. The van der Waals surface area contributed by atoms with E-state index in [-0.39, 0.29) is 6.03 Å². The van der Waals surface area contributed by atoms with Gasteiger partial charge in [-0.2, -0.15) is 0 Å². The van der Waals surface area contributed by atoms with E-state index in [1.165, 1.54) is 0 Å². The number of nitrogens with zero attached hydrogens (tertiary/aromatic N) is 5. The standard InChI is InChI=1S/C26H28N6O3/c1-34-21-15-19(16-22(17-21)35-2)28-26(33)31-13-11-30(12-14-31)18-24-29-23-9-6-10-27-25(23)32(24)20-7-4-3-5-8-20/h3-10,15-17H,11-14,18H2,1-2H3,(H,28,33). The Hall–Kier alpha value is -4.11. The van der Waals surface area contributed by atoms with Crippen molar-refractivity contribution in [1.82, 2.24) is 24.3 Å². The van der Waals surface area contributed by atoms with Gasteiger partial charge in [-0.25, -0.2) is 14.8 Å². The summed E-state index contributed by atoms with van der Waals surface area (Å²) < 4.78 is 12.7. The van der Waals surface area contributed by atoms with Crippen LogP contribution in [-0.2, 0) is 6.54 Å². The second-order valence-corrected chi connectivity index (χ2v) is 8.34. The number of urea groups is 1. The molecule has 0 atom stereocenters. The normalized spacial score (nSPS) is 14.2. The monoisotopic (exact) mass is 472 g/mol. The predicted octanol–water partition coefficient (Wildman–Crippen LogP) is 3.79. The fourth-order valence-electron chi connectivity index (χ4n) is 4.30. The number of carbonyl (C=O) groups excluding carboxylic acids is 1. The van der Waals surface area contributed by atoms with Gasteiger partial charge >= 0.3 is 6.03 Å². The van der Waals surface area contributed by atoms with E-state index in [4.69, 9.17) is 14.5 Å². The number of carbonyl (C=O) groups is 1. The number of rotatable bonds is 6. The van der Waals surface area contributed by atoms with Gasteiger partial charge in [0.1, 0.15) is 22.8 Å². The van der Waals surface area contributed by atoms with Crippen molar-refractivity contribution in [2.24, 2.45) is 0 Å². The lowest BCUT2D eigenvalue weighted by atomic mass is 10.2. The summed E-state index contributed by atoms with van der Waals surface area (Å²) in [7, 11) is 3.17. The van der Waals surface area contributed by atoms with Crippen LogP contribution in [0.1, 0.15) is 5.82 Å². The summed E-state index contributed by atoms with van der Waals surface area (Å²) in [6.45, 7) is 3.42. The minimum Gasteiger partial charge on any atom is -0.497 e. The van der Waals surface area contributed by atoms with Crippen LogP contribution in [0.4, 0.5) is 10.5 Å². The number of aromatic nitrogens is 3. The Kier molecular flexibility index (Phi) is 6.49. The number of imidazole rings is 1. The van der Waals surface area contributed by atoms with E-state index in [1.54, 1.807) is 38.6 Å². The number of fused-ring (bicyclic) bond motifs is 1. The molecule has 0 bridgehead atoms. The first-order valence-corrected chi connectivity index (χ1v) is 11.5. The fourth-order valence-corrected chi connectivity index (χ4v) is 4.30. The second-order valence-electron chi connectivity index (χ2n) is 8.34. The third kappa shape index (κ3) is 4.90. The highest BCUT2D eigenvalue weighted by Crippen LogP contribution is 2.26. The van der Waals surface area contributed by atoms with Crippen molar-refractivity contribution in [3.05, 3.63) is 72.7 Å². The molecule has 0 saturated carbocycles. The van der Waals surface area contributed by atoms with E-state index in [1.807, 2.05) is 35.2 Å². The highest BCUT2D eigenvalue weighted by atomic mass is 16.5. The van der Waals surface area contributed by atoms with Crippen molar-refractivity contribution in [1.29, 1.82) is 0 Å². The average molecular weight is 473 g/mol. The Labute approximate surface area is 203 Å². The highest BCUT2D eigenvalue weighted by molar-refractivity contribution is 5.90. The highest BCUT2D eigenvalue weighted by Gasteiger charge is 2.24. The van der Waals surface area contributed by atoms with Gasteiger partial charge in [0.05, 0.1) is 20.8 Å². The number of benzene rings is 2. The van der Waals surface area contributed by atoms with Crippen LogP contribution in [0.5, 0.6) is 11.5 Å². The van der Waals surface area contributed by atoms with Crippen molar-refractivity contribution in [3.8, 4) is 17.2 Å². The molecule has 0 spiro atoms. The van der Waals surface area contributed by atoms with E-state index >= 15 is 0 Å². The zero-order valence-electron chi connectivity index (χ0n) is 19.8. The van der Waals surface area contributed by atoms with Crippen molar-refractivity contribution in [3.63, 3.8) is 0 Å². The summed E-state index contributed by atoms with van der Waals surface area (Å²) in [5.41, 5.74) is 3.40. The molecule has 35 heavy (non-hydrogen) atoms. The van der Waals surface area contributed by atoms with Crippen LogP contribution < -0.4 is 14.8 Å². The summed E-state index contributed by atoms with van der Waals surface area (Å²) in [6, 6.07) is 19.2. The van der Waals surface area contributed by atoms with Crippen LogP contribution in [0.25, 0.3) is 16.9 Å². The number of methoxy groups -OCH3 is 2. The maximum atomic E-state index is 12.9. The van der Waals surface area contributed by atoms with Gasteiger partial charge in [-0.1, -0.05) is 18.2 Å². The van der Waals surface area contributed by atoms with Crippen LogP contribution in [0.2, 0.25) is 0 Å². The van der Waals surface area contributed by atoms with Crippen LogP contribution in [0.15, 0.2) is 66.9 Å². The lowest BCUT2D eigenvalue weighted by Crippen LogP contribution is -2.49. The van der Waals surface area contributed by atoms with E-state index < -0.39 is 0 Å². The molecule has 180 valence electrons. The number of ether oxygens (including phenoxy) is 2. The molecule has 1 aliphatic heterocycles. The number of piperazine rings is 1. The minimum atomic E-state index is -0.138. The summed E-state index contributed by atoms with van der Waals surface area (Å²) in [6.07, 6.45) is 1.79. The third-order valence-electron chi connectivity index (χ3n) is 6.13. The Morgan fingerprint density at radius 3 is 2.34 bits per heavy atom. The SMILES string of the molecule is COc1cc(NC(=O)N2CCN(Cc3nc4cccnc4n3-c3ccccc3)CC2)cc(OC)c1. The number of para-hydroxylation sites is 1. The maximum Gasteiger partial charge on any atom is 0.321 e. The van der Waals surface area contributed by atoms with E-state index in [0.717, 1.165) is 35.8 Å². The fraction of sp³-hybridized carbons (Fsp3) is 0.269. The van der Waals surface area contributed by atoms with Crippen molar-refractivity contribution in [2.45, 2.75) is 6.54 Å². The second kappa shape index (κ2) is 10.0. The van der Waals surface area contributed by atoms with Crippen LogP contribution >= 0.6 is 0 Å². The Bertz CT molecular complexity index is 1290. The molecule has 2 aromatic carbocycles. The van der Waals surface area contributed by atoms with Gasteiger partial charge in [-0.05, 0) is 24.3 Å². The van der Waals surface area contributed by atoms with Gasteiger partial charge in [0.25, 0.3) is 0 Å². The predicted molar refractivity (Wildman–Crippen MR) is 134 cm³/mol. The van der Waals surface area contributed by atoms with Gasteiger partial charge in [-0.3, -0.25) is 9.47 Å². The molecule has 1 saturated heterocycles. The molecule has 0 unspecified atom stereocenters. The number of pyridine rings is 1. The topological polar surface area (TPSA) is 84.8 Å². The van der Waals surface area contributed by atoms with Gasteiger partial charge in [0.2, 0.25) is 0 Å². The molecule has 1 N–H and O–H groups in total. The molecule has 9 heteroatoms. The number of nitrogens with one attached hydrogen (secondary N) is 1. The summed E-state index contributed by atoms with van der Waals surface area (Å²) in [4.78, 5) is 26.5. The Balaban J connectivity index is 1.26. The molecular weight excluding hydrogens is 444 g/mol. The quantitative estimate of drug-likeness (QED) is 0.460. The molecule has 4 aromatic rings. The van der Waals surface area contributed by atoms with Gasteiger partial charge in [0.15, 0.2) is 5.65 Å². The van der Waals surface area contributed by atoms with Gasteiger partial charge < -0.3 is 19.7 Å². The van der Waals surface area contributed by atoms with Gasteiger partial charge in [-0.15, -0.1) is 0 Å². The van der Waals surface area contributed by atoms with E-state index in [2.05, 4.69) is 31.9 Å². The van der Waals surface area contributed by atoms with Crippen molar-refractivity contribution < 1.29 is 14.3 Å². The number of amides is 2. The van der Waals surface area contributed by atoms with Crippen LogP contribution in [0.3, 0.4) is 0 Å². The number of anilines is 1. The zero-order valence-corrected chi connectivity index (χ0v) is 19.8. The van der Waals surface area contributed by atoms with E-state index in [9.17, 15) is 4.79 Å². The van der Waals surface area contributed by atoms with Crippen LogP contribution in [-0.4, -0.2) is 70.8 Å². The molecule has 5 rings (SSSR count). The average Bonchev–Trinajstić information content (AvgIpc) is 3.27. The van der Waals surface area contributed by atoms with Gasteiger partial charge in [0, 0.05) is 61.9 Å². The summed E-state index contributed by atoms with van der Waals surface area (Å²) >= 11 is 0. The molecule has 3 heterocycles. The van der Waals surface area contributed by atoms with E-state index in [0.29, 0.717) is 36.8 Å². The first kappa shape index (κ1) is 22.7. The Morgan fingerprint density at radius 2 is 1.66 bits per heavy atom. The first-order valence-electron chi connectivity index (χ1n) is 11.5. The minimum absolute atomic E-state index is 0.138.